The van der Waals surface area contributed by atoms with Crippen LogP contribution in [0.4, 0.5) is 0 Å². The van der Waals surface area contributed by atoms with Crippen LogP contribution in [0.2, 0.25) is 0 Å². The normalized spacial score (nSPS) is 26.2. The molecule has 1 aromatic rings. The van der Waals surface area contributed by atoms with Gasteiger partial charge in [-0.2, -0.15) is 0 Å². The van der Waals surface area contributed by atoms with Crippen LogP contribution in [-0.2, 0) is 16.0 Å². The van der Waals surface area contributed by atoms with Gasteiger partial charge < -0.3 is 14.3 Å². The molecular weight excluding hydrogens is 330 g/mol. The van der Waals surface area contributed by atoms with Crippen LogP contribution in [0.1, 0.15) is 55.5 Å². The van der Waals surface area contributed by atoms with Gasteiger partial charge in [0.05, 0.1) is 11.1 Å². The van der Waals surface area contributed by atoms with Gasteiger partial charge in [-0.15, -0.1) is 0 Å². The maximum absolute atomic E-state index is 13.1. The fraction of sp³-hybridized carbons (Fsp3) is 0.750. The molecular formula is C20H29N3O3. The van der Waals surface area contributed by atoms with Crippen LogP contribution in [0.3, 0.4) is 0 Å². The first-order valence-corrected chi connectivity index (χ1v) is 9.97. The number of hydrogen-bond donors (Lipinski definition) is 0. The van der Waals surface area contributed by atoms with Crippen LogP contribution in [0.5, 0.6) is 0 Å². The molecule has 1 spiro atoms. The summed E-state index contributed by atoms with van der Waals surface area (Å²) in [5.41, 5.74) is 1.59. The fourth-order valence-corrected chi connectivity index (χ4v) is 4.65. The summed E-state index contributed by atoms with van der Waals surface area (Å²) in [6, 6.07) is 0. The van der Waals surface area contributed by atoms with Crippen LogP contribution in [0.15, 0.2) is 4.52 Å². The van der Waals surface area contributed by atoms with Crippen molar-refractivity contribution in [2.45, 2.75) is 58.8 Å². The molecule has 6 heteroatoms. The average molecular weight is 359 g/mol. The van der Waals surface area contributed by atoms with Gasteiger partial charge in [-0.3, -0.25) is 9.59 Å². The van der Waals surface area contributed by atoms with Gasteiger partial charge in [-0.25, -0.2) is 0 Å². The van der Waals surface area contributed by atoms with Crippen LogP contribution in [0, 0.1) is 25.2 Å². The summed E-state index contributed by atoms with van der Waals surface area (Å²) in [5, 5.41) is 3.96. The number of piperidine rings is 1. The first kappa shape index (κ1) is 17.6. The van der Waals surface area contributed by atoms with Gasteiger partial charge in [0.1, 0.15) is 5.76 Å². The second-order valence-corrected chi connectivity index (χ2v) is 8.45. The molecule has 0 radical (unpaired) electrons. The number of carbonyl (C=O) groups is 2. The number of nitrogens with zero attached hydrogens (tertiary/aromatic N) is 3. The van der Waals surface area contributed by atoms with Crippen molar-refractivity contribution >= 4 is 11.8 Å². The summed E-state index contributed by atoms with van der Waals surface area (Å²) in [5.74, 6) is 1.97. The molecule has 0 unspecified atom stereocenters. The minimum absolute atomic E-state index is 0.147. The third-order valence-electron chi connectivity index (χ3n) is 6.48. The highest BCUT2D eigenvalue weighted by atomic mass is 16.5. The zero-order valence-electron chi connectivity index (χ0n) is 15.9. The van der Waals surface area contributed by atoms with Crippen LogP contribution in [0.25, 0.3) is 0 Å². The van der Waals surface area contributed by atoms with Crippen LogP contribution >= 0.6 is 0 Å². The molecule has 3 heterocycles. The summed E-state index contributed by atoms with van der Waals surface area (Å²) in [4.78, 5) is 29.8. The molecule has 2 aliphatic heterocycles. The Morgan fingerprint density at radius 2 is 2.08 bits per heavy atom. The Kier molecular flexibility index (Phi) is 4.53. The van der Waals surface area contributed by atoms with Crippen molar-refractivity contribution in [1.82, 2.24) is 15.0 Å². The molecule has 0 N–H and O–H groups in total. The highest BCUT2D eigenvalue weighted by molar-refractivity contribution is 5.86. The lowest BCUT2D eigenvalue weighted by atomic mass is 9.78. The predicted molar refractivity (Wildman–Crippen MR) is 96.5 cm³/mol. The minimum Gasteiger partial charge on any atom is -0.361 e. The van der Waals surface area contributed by atoms with E-state index in [0.29, 0.717) is 31.8 Å². The standard InChI is InChI=1S/C20H29N3O3/c1-14-17(15(2)26-21-14)6-7-18(24)23-11-9-20(13-23)8-3-10-22(19(20)25)12-16-4-5-16/h16H,3-13H2,1-2H3/t20-/m0/s1. The van der Waals surface area contributed by atoms with Crippen molar-refractivity contribution in [1.29, 1.82) is 0 Å². The third-order valence-corrected chi connectivity index (χ3v) is 6.48. The molecule has 1 atom stereocenters. The monoisotopic (exact) mass is 359 g/mol. The largest absolute Gasteiger partial charge is 0.361 e. The zero-order valence-corrected chi connectivity index (χ0v) is 15.9. The van der Waals surface area contributed by atoms with Gasteiger partial charge in [0.2, 0.25) is 11.8 Å². The van der Waals surface area contributed by atoms with E-state index < -0.39 is 0 Å². The molecule has 26 heavy (non-hydrogen) atoms. The van der Waals surface area contributed by atoms with Gasteiger partial charge in [0, 0.05) is 38.2 Å². The van der Waals surface area contributed by atoms with E-state index in [-0.39, 0.29) is 11.3 Å². The number of carbonyl (C=O) groups excluding carboxylic acids is 2. The van der Waals surface area contributed by atoms with Gasteiger partial charge in [-0.1, -0.05) is 5.16 Å². The van der Waals surface area contributed by atoms with Crippen molar-refractivity contribution in [3.63, 3.8) is 0 Å². The zero-order chi connectivity index (χ0) is 18.3. The molecule has 1 aliphatic carbocycles. The molecule has 2 amide bonds. The first-order valence-electron chi connectivity index (χ1n) is 9.97. The number of aryl methyl sites for hydroxylation is 2. The van der Waals surface area contributed by atoms with Gasteiger partial charge in [0.15, 0.2) is 0 Å². The maximum Gasteiger partial charge on any atom is 0.230 e. The SMILES string of the molecule is Cc1noc(C)c1CCC(=O)N1CC[C@@]2(CCCN(CC3CC3)C2=O)C1. The third kappa shape index (κ3) is 3.26. The smallest absolute Gasteiger partial charge is 0.230 e. The molecule has 6 nitrogen and oxygen atoms in total. The van der Waals surface area contributed by atoms with Gasteiger partial charge in [0.25, 0.3) is 0 Å². The lowest BCUT2D eigenvalue weighted by Crippen LogP contribution is -2.50. The van der Waals surface area contributed by atoms with E-state index in [1.165, 1.54) is 12.8 Å². The maximum atomic E-state index is 13.1. The predicted octanol–water partition coefficient (Wildman–Crippen LogP) is 2.48. The second kappa shape index (κ2) is 6.71. The topological polar surface area (TPSA) is 66.7 Å². The van der Waals surface area contributed by atoms with E-state index in [2.05, 4.69) is 10.1 Å². The molecule has 3 fully saturated rings. The van der Waals surface area contributed by atoms with Crippen molar-refractivity contribution < 1.29 is 14.1 Å². The second-order valence-electron chi connectivity index (χ2n) is 8.45. The number of rotatable bonds is 5. The summed E-state index contributed by atoms with van der Waals surface area (Å²) in [6.07, 6.45) is 6.47. The van der Waals surface area contributed by atoms with Gasteiger partial charge in [-0.05, 0) is 58.3 Å². The number of aromatic nitrogens is 1. The molecule has 1 aromatic heterocycles. The summed E-state index contributed by atoms with van der Waals surface area (Å²) in [7, 11) is 0. The van der Waals surface area contributed by atoms with E-state index in [4.69, 9.17) is 4.52 Å². The van der Waals surface area contributed by atoms with Crippen LogP contribution < -0.4 is 0 Å². The van der Waals surface area contributed by atoms with E-state index in [9.17, 15) is 9.59 Å². The Morgan fingerprint density at radius 3 is 2.77 bits per heavy atom. The minimum atomic E-state index is -0.314. The van der Waals surface area contributed by atoms with Crippen molar-refractivity contribution in [2.24, 2.45) is 11.3 Å². The summed E-state index contributed by atoms with van der Waals surface area (Å²) in [6.45, 7) is 6.95. The summed E-state index contributed by atoms with van der Waals surface area (Å²) >= 11 is 0. The Balaban J connectivity index is 1.36. The quantitative estimate of drug-likeness (QED) is 0.810. The van der Waals surface area contributed by atoms with Crippen LogP contribution in [-0.4, -0.2) is 52.9 Å². The Labute approximate surface area is 154 Å². The highest BCUT2D eigenvalue weighted by Crippen LogP contribution is 2.41. The Hall–Kier alpha value is -1.85. The van der Waals surface area contributed by atoms with Crippen molar-refractivity contribution in [3.8, 4) is 0 Å². The van der Waals surface area contributed by atoms with Crippen molar-refractivity contribution in [3.05, 3.63) is 17.0 Å². The number of likely N-dealkylation sites (tertiary alicyclic amines) is 2. The molecule has 2 saturated heterocycles. The van der Waals surface area contributed by atoms with Gasteiger partial charge >= 0.3 is 0 Å². The highest BCUT2D eigenvalue weighted by Gasteiger charge is 2.49. The lowest BCUT2D eigenvalue weighted by Gasteiger charge is -2.39. The molecule has 1 saturated carbocycles. The van der Waals surface area contributed by atoms with E-state index in [1.807, 2.05) is 18.7 Å². The van der Waals surface area contributed by atoms with E-state index in [0.717, 1.165) is 55.3 Å². The molecule has 142 valence electrons. The Morgan fingerprint density at radius 1 is 1.27 bits per heavy atom. The Bertz CT molecular complexity index is 690. The van der Waals surface area contributed by atoms with E-state index >= 15 is 0 Å². The van der Waals surface area contributed by atoms with Crippen molar-refractivity contribution in [2.75, 3.05) is 26.2 Å². The lowest BCUT2D eigenvalue weighted by molar-refractivity contribution is -0.146. The number of amides is 2. The molecule has 4 rings (SSSR count). The number of hydrogen-bond acceptors (Lipinski definition) is 4. The molecule has 3 aliphatic rings. The average Bonchev–Trinajstić information content (AvgIpc) is 3.25. The molecule has 0 bridgehead atoms. The van der Waals surface area contributed by atoms with E-state index in [1.54, 1.807) is 0 Å². The summed E-state index contributed by atoms with van der Waals surface area (Å²) < 4.78 is 5.18. The molecule has 0 aromatic carbocycles. The fourth-order valence-electron chi connectivity index (χ4n) is 4.65. The first-order chi connectivity index (χ1) is 12.5.